The van der Waals surface area contributed by atoms with Gasteiger partial charge in [0.25, 0.3) is 0 Å². The Hall–Kier alpha value is -0.120. The summed E-state index contributed by atoms with van der Waals surface area (Å²) >= 11 is 0. The zero-order valence-corrected chi connectivity index (χ0v) is 11.0. The van der Waals surface area contributed by atoms with Crippen molar-refractivity contribution in [2.45, 2.75) is 32.6 Å². The van der Waals surface area contributed by atoms with Gasteiger partial charge in [0.15, 0.2) is 0 Å². The molecule has 3 heteroatoms. The van der Waals surface area contributed by atoms with Gasteiger partial charge in [-0.2, -0.15) is 0 Å². The molecule has 0 aromatic rings. The number of hydrogen-bond donors (Lipinski definition) is 1. The fourth-order valence-corrected chi connectivity index (χ4v) is 2.27. The van der Waals surface area contributed by atoms with Gasteiger partial charge >= 0.3 is 0 Å². The van der Waals surface area contributed by atoms with E-state index in [1.165, 1.54) is 45.4 Å². The average molecular weight is 228 g/mol. The summed E-state index contributed by atoms with van der Waals surface area (Å²) in [6.07, 6.45) is 5.27. The van der Waals surface area contributed by atoms with E-state index in [9.17, 15) is 0 Å². The van der Waals surface area contributed by atoms with Gasteiger partial charge in [-0.25, -0.2) is 0 Å². The quantitative estimate of drug-likeness (QED) is 0.640. The van der Waals surface area contributed by atoms with Gasteiger partial charge in [-0.3, -0.25) is 0 Å². The van der Waals surface area contributed by atoms with Gasteiger partial charge < -0.3 is 15.0 Å². The maximum atomic E-state index is 5.34. The van der Waals surface area contributed by atoms with Crippen LogP contribution in [0.4, 0.5) is 0 Å². The molecule has 0 unspecified atom stereocenters. The molecule has 1 saturated heterocycles. The smallest absolute Gasteiger partial charge is 0.0478 e. The Balaban J connectivity index is 1.94. The van der Waals surface area contributed by atoms with E-state index >= 15 is 0 Å². The second kappa shape index (κ2) is 8.97. The lowest BCUT2D eigenvalue weighted by Gasteiger charge is -2.25. The van der Waals surface area contributed by atoms with Crippen molar-refractivity contribution in [2.75, 3.05) is 46.4 Å². The van der Waals surface area contributed by atoms with Gasteiger partial charge in [-0.15, -0.1) is 0 Å². The van der Waals surface area contributed by atoms with Crippen molar-refractivity contribution in [1.29, 1.82) is 0 Å². The highest BCUT2D eigenvalue weighted by Gasteiger charge is 2.13. The Bertz CT molecular complexity index is 158. The van der Waals surface area contributed by atoms with E-state index in [2.05, 4.69) is 24.2 Å². The normalized spacial score (nSPS) is 18.2. The summed E-state index contributed by atoms with van der Waals surface area (Å²) in [6, 6.07) is 0. The molecule has 0 aliphatic carbocycles. The molecule has 0 aromatic carbocycles. The van der Waals surface area contributed by atoms with E-state index in [4.69, 9.17) is 4.74 Å². The Morgan fingerprint density at radius 2 is 2.00 bits per heavy atom. The highest BCUT2D eigenvalue weighted by Crippen LogP contribution is 2.15. The molecule has 0 atom stereocenters. The van der Waals surface area contributed by atoms with E-state index in [0.717, 1.165) is 25.6 Å². The van der Waals surface area contributed by atoms with Gasteiger partial charge in [-0.1, -0.05) is 0 Å². The maximum absolute atomic E-state index is 5.34. The summed E-state index contributed by atoms with van der Waals surface area (Å²) in [5.41, 5.74) is 0. The zero-order chi connectivity index (χ0) is 11.6. The summed E-state index contributed by atoms with van der Waals surface area (Å²) in [6.45, 7) is 8.67. The summed E-state index contributed by atoms with van der Waals surface area (Å²) < 4.78 is 5.34. The molecule has 1 fully saturated rings. The lowest BCUT2D eigenvalue weighted by atomic mass is 9.94. The van der Waals surface area contributed by atoms with Gasteiger partial charge in [0, 0.05) is 19.8 Å². The fraction of sp³-hybridized carbons (Fsp3) is 1.00. The molecular formula is C13H28N2O. The first-order valence-electron chi connectivity index (χ1n) is 6.80. The van der Waals surface area contributed by atoms with E-state index in [1.54, 1.807) is 0 Å². The molecule has 16 heavy (non-hydrogen) atoms. The molecular weight excluding hydrogens is 200 g/mol. The Labute approximate surface area is 101 Å². The predicted molar refractivity (Wildman–Crippen MR) is 68.8 cm³/mol. The minimum absolute atomic E-state index is 0.846. The minimum atomic E-state index is 0.846. The summed E-state index contributed by atoms with van der Waals surface area (Å²) in [7, 11) is 2.23. The SMILES string of the molecule is CCOCCCN(C)CCC1CCNCC1. The molecule has 0 radical (unpaired) electrons. The molecule has 1 aliphatic heterocycles. The van der Waals surface area contributed by atoms with Crippen LogP contribution < -0.4 is 5.32 Å². The lowest BCUT2D eigenvalue weighted by molar-refractivity contribution is 0.134. The first kappa shape index (κ1) is 13.9. The third kappa shape index (κ3) is 6.46. The van der Waals surface area contributed by atoms with Crippen molar-refractivity contribution >= 4 is 0 Å². The average Bonchev–Trinajstić information content (AvgIpc) is 2.33. The maximum Gasteiger partial charge on any atom is 0.0478 e. The molecule has 96 valence electrons. The summed E-state index contributed by atoms with van der Waals surface area (Å²) in [5, 5.41) is 3.42. The molecule has 0 bridgehead atoms. The standard InChI is InChI=1S/C13H28N2O/c1-3-16-12-4-10-15(2)11-7-13-5-8-14-9-6-13/h13-14H,3-12H2,1-2H3. The van der Waals surface area contributed by atoms with E-state index < -0.39 is 0 Å². The van der Waals surface area contributed by atoms with Gasteiger partial charge in [0.2, 0.25) is 0 Å². The molecule has 1 N–H and O–H groups in total. The number of ether oxygens (including phenoxy) is 1. The number of rotatable bonds is 8. The largest absolute Gasteiger partial charge is 0.382 e. The van der Waals surface area contributed by atoms with Crippen LogP contribution in [0.15, 0.2) is 0 Å². The van der Waals surface area contributed by atoms with Gasteiger partial charge in [-0.05, 0) is 65.2 Å². The van der Waals surface area contributed by atoms with Gasteiger partial charge in [0.1, 0.15) is 0 Å². The highest BCUT2D eigenvalue weighted by atomic mass is 16.5. The third-order valence-electron chi connectivity index (χ3n) is 3.41. The number of piperidine rings is 1. The van der Waals surface area contributed by atoms with Crippen molar-refractivity contribution in [3.63, 3.8) is 0 Å². The van der Waals surface area contributed by atoms with Crippen LogP contribution in [0, 0.1) is 5.92 Å². The van der Waals surface area contributed by atoms with Crippen LogP contribution in [-0.4, -0.2) is 51.3 Å². The monoisotopic (exact) mass is 228 g/mol. The molecule has 3 nitrogen and oxygen atoms in total. The first-order chi connectivity index (χ1) is 7.83. The molecule has 0 amide bonds. The Kier molecular flexibility index (Phi) is 7.81. The molecule has 1 heterocycles. The molecule has 0 aromatic heterocycles. The second-order valence-electron chi connectivity index (χ2n) is 4.84. The van der Waals surface area contributed by atoms with Crippen LogP contribution in [-0.2, 0) is 4.74 Å². The minimum Gasteiger partial charge on any atom is -0.382 e. The van der Waals surface area contributed by atoms with E-state index in [1.807, 2.05) is 0 Å². The van der Waals surface area contributed by atoms with Crippen molar-refractivity contribution in [1.82, 2.24) is 10.2 Å². The summed E-state index contributed by atoms with van der Waals surface area (Å²) in [4.78, 5) is 2.45. The molecule has 1 aliphatic rings. The predicted octanol–water partition coefficient (Wildman–Crippen LogP) is 1.73. The number of nitrogens with one attached hydrogen (secondary N) is 1. The number of nitrogens with zero attached hydrogens (tertiary/aromatic N) is 1. The molecule has 0 saturated carbocycles. The van der Waals surface area contributed by atoms with Crippen LogP contribution in [0.5, 0.6) is 0 Å². The van der Waals surface area contributed by atoms with E-state index in [0.29, 0.717) is 0 Å². The molecule has 0 spiro atoms. The highest BCUT2D eigenvalue weighted by molar-refractivity contribution is 4.69. The zero-order valence-electron chi connectivity index (χ0n) is 11.0. The van der Waals surface area contributed by atoms with Crippen molar-refractivity contribution in [2.24, 2.45) is 5.92 Å². The Morgan fingerprint density at radius 3 is 2.69 bits per heavy atom. The van der Waals surface area contributed by atoms with Crippen molar-refractivity contribution < 1.29 is 4.74 Å². The molecule has 1 rings (SSSR count). The third-order valence-corrected chi connectivity index (χ3v) is 3.41. The van der Waals surface area contributed by atoms with Crippen LogP contribution in [0.25, 0.3) is 0 Å². The van der Waals surface area contributed by atoms with E-state index in [-0.39, 0.29) is 0 Å². The van der Waals surface area contributed by atoms with Gasteiger partial charge in [0.05, 0.1) is 0 Å². The van der Waals surface area contributed by atoms with Crippen LogP contribution in [0.3, 0.4) is 0 Å². The van der Waals surface area contributed by atoms with Crippen LogP contribution in [0.1, 0.15) is 32.6 Å². The van der Waals surface area contributed by atoms with Crippen molar-refractivity contribution in [3.05, 3.63) is 0 Å². The lowest BCUT2D eigenvalue weighted by Crippen LogP contribution is -2.30. The fourth-order valence-electron chi connectivity index (χ4n) is 2.27. The van der Waals surface area contributed by atoms with Crippen LogP contribution >= 0.6 is 0 Å². The van der Waals surface area contributed by atoms with Crippen LogP contribution in [0.2, 0.25) is 0 Å². The topological polar surface area (TPSA) is 24.5 Å². The van der Waals surface area contributed by atoms with Crippen molar-refractivity contribution in [3.8, 4) is 0 Å². The first-order valence-corrected chi connectivity index (χ1v) is 6.80. The second-order valence-corrected chi connectivity index (χ2v) is 4.84. The Morgan fingerprint density at radius 1 is 1.25 bits per heavy atom. The number of hydrogen-bond acceptors (Lipinski definition) is 3. The summed E-state index contributed by atoms with van der Waals surface area (Å²) in [5.74, 6) is 0.954.